The minimum atomic E-state index is 0.243. The zero-order chi connectivity index (χ0) is 14.4. The zero-order valence-electron chi connectivity index (χ0n) is 13.2. The molecular formula is C16H31N3O. The van der Waals surface area contributed by atoms with Crippen LogP contribution in [0.25, 0.3) is 0 Å². The fourth-order valence-electron chi connectivity index (χ4n) is 3.52. The maximum atomic E-state index is 11.3. The summed E-state index contributed by atoms with van der Waals surface area (Å²) >= 11 is 0. The van der Waals surface area contributed by atoms with Gasteiger partial charge in [-0.25, -0.2) is 0 Å². The summed E-state index contributed by atoms with van der Waals surface area (Å²) in [4.78, 5) is 16.0. The molecule has 20 heavy (non-hydrogen) atoms. The smallest absolute Gasteiger partial charge is 0.219 e. The summed E-state index contributed by atoms with van der Waals surface area (Å²) in [6.45, 7) is 11.9. The summed E-state index contributed by atoms with van der Waals surface area (Å²) in [5.41, 5.74) is 0. The van der Waals surface area contributed by atoms with Crippen molar-refractivity contribution in [2.45, 2.75) is 39.5 Å². The molecule has 1 N–H and O–H groups in total. The van der Waals surface area contributed by atoms with Gasteiger partial charge in [-0.15, -0.1) is 0 Å². The van der Waals surface area contributed by atoms with Crippen LogP contribution in [0.3, 0.4) is 0 Å². The molecule has 0 saturated carbocycles. The monoisotopic (exact) mass is 281 g/mol. The molecule has 4 heteroatoms. The average Bonchev–Trinajstić information content (AvgIpc) is 2.47. The van der Waals surface area contributed by atoms with Crippen LogP contribution in [-0.4, -0.2) is 61.5 Å². The van der Waals surface area contributed by atoms with Crippen molar-refractivity contribution in [1.82, 2.24) is 15.1 Å². The van der Waals surface area contributed by atoms with E-state index in [4.69, 9.17) is 0 Å². The Morgan fingerprint density at radius 1 is 1.05 bits per heavy atom. The van der Waals surface area contributed by atoms with Crippen LogP contribution in [0.5, 0.6) is 0 Å². The Morgan fingerprint density at radius 3 is 2.20 bits per heavy atom. The van der Waals surface area contributed by atoms with E-state index < -0.39 is 0 Å². The van der Waals surface area contributed by atoms with Crippen molar-refractivity contribution in [2.75, 3.05) is 45.8 Å². The molecule has 0 aliphatic carbocycles. The van der Waals surface area contributed by atoms with E-state index in [1.165, 1.54) is 51.9 Å². The Labute approximate surface area is 123 Å². The number of nitrogens with one attached hydrogen (secondary N) is 1. The highest BCUT2D eigenvalue weighted by Gasteiger charge is 2.25. The number of carbonyl (C=O) groups is 1. The van der Waals surface area contributed by atoms with Crippen molar-refractivity contribution in [1.29, 1.82) is 0 Å². The van der Waals surface area contributed by atoms with Gasteiger partial charge in [0.1, 0.15) is 0 Å². The van der Waals surface area contributed by atoms with Gasteiger partial charge in [-0.2, -0.15) is 0 Å². The fourth-order valence-corrected chi connectivity index (χ4v) is 3.52. The topological polar surface area (TPSA) is 35.6 Å². The molecule has 2 aliphatic heterocycles. The Hall–Kier alpha value is -0.610. The van der Waals surface area contributed by atoms with Gasteiger partial charge >= 0.3 is 0 Å². The number of rotatable bonds is 5. The Morgan fingerprint density at radius 2 is 1.65 bits per heavy atom. The van der Waals surface area contributed by atoms with E-state index in [0.717, 1.165) is 31.5 Å². The number of hydrogen-bond acceptors (Lipinski definition) is 3. The fraction of sp³-hybridized carbons (Fsp3) is 0.938. The number of hydrogen-bond donors (Lipinski definition) is 1. The van der Waals surface area contributed by atoms with Gasteiger partial charge in [-0.1, -0.05) is 6.92 Å². The van der Waals surface area contributed by atoms with Crippen LogP contribution in [-0.2, 0) is 4.79 Å². The van der Waals surface area contributed by atoms with Crippen molar-refractivity contribution >= 4 is 5.91 Å². The van der Waals surface area contributed by atoms with E-state index >= 15 is 0 Å². The summed E-state index contributed by atoms with van der Waals surface area (Å²) in [7, 11) is 0. The molecule has 0 aromatic rings. The molecule has 0 bridgehead atoms. The predicted octanol–water partition coefficient (Wildman–Crippen LogP) is 1.57. The first-order valence-corrected chi connectivity index (χ1v) is 8.37. The van der Waals surface area contributed by atoms with Crippen molar-refractivity contribution in [3.63, 3.8) is 0 Å². The van der Waals surface area contributed by atoms with E-state index in [1.54, 1.807) is 6.92 Å². The minimum Gasteiger partial charge on any atom is -0.343 e. The highest BCUT2D eigenvalue weighted by Crippen LogP contribution is 2.22. The average molecular weight is 281 g/mol. The largest absolute Gasteiger partial charge is 0.343 e. The third kappa shape index (κ3) is 4.74. The second-order valence-corrected chi connectivity index (χ2v) is 6.50. The number of nitrogens with zero attached hydrogens (tertiary/aromatic N) is 2. The molecule has 0 aromatic carbocycles. The molecule has 0 radical (unpaired) electrons. The van der Waals surface area contributed by atoms with Crippen LogP contribution < -0.4 is 5.32 Å². The quantitative estimate of drug-likeness (QED) is 0.831. The van der Waals surface area contributed by atoms with Crippen LogP contribution in [0, 0.1) is 11.8 Å². The maximum Gasteiger partial charge on any atom is 0.219 e. The molecular weight excluding hydrogens is 250 g/mol. The van der Waals surface area contributed by atoms with Crippen LogP contribution in [0.1, 0.15) is 39.5 Å². The molecule has 2 fully saturated rings. The number of amides is 1. The SMILES string of the molecule is CCNCC1CCN(CC2CCN(C(C)=O)CC2)CC1. The molecule has 2 heterocycles. The molecule has 1 amide bonds. The number of likely N-dealkylation sites (tertiary alicyclic amines) is 2. The molecule has 2 saturated heterocycles. The Kier molecular flexibility index (Phi) is 6.30. The second-order valence-electron chi connectivity index (χ2n) is 6.50. The number of carbonyl (C=O) groups excluding carboxylic acids is 1. The lowest BCUT2D eigenvalue weighted by Crippen LogP contribution is -2.43. The van der Waals surface area contributed by atoms with Gasteiger partial charge in [0, 0.05) is 26.6 Å². The lowest BCUT2D eigenvalue weighted by Gasteiger charge is -2.37. The Bertz CT molecular complexity index is 292. The Balaban J connectivity index is 1.63. The van der Waals surface area contributed by atoms with Gasteiger partial charge in [0.25, 0.3) is 0 Å². The first kappa shape index (κ1) is 15.8. The summed E-state index contributed by atoms with van der Waals surface area (Å²) in [5, 5.41) is 3.47. The summed E-state index contributed by atoms with van der Waals surface area (Å²) in [6.07, 6.45) is 5.08. The van der Waals surface area contributed by atoms with E-state index in [2.05, 4.69) is 17.1 Å². The van der Waals surface area contributed by atoms with Crippen molar-refractivity contribution in [2.24, 2.45) is 11.8 Å². The van der Waals surface area contributed by atoms with Gasteiger partial charge in [-0.3, -0.25) is 4.79 Å². The van der Waals surface area contributed by atoms with Crippen LogP contribution in [0.4, 0.5) is 0 Å². The maximum absolute atomic E-state index is 11.3. The highest BCUT2D eigenvalue weighted by atomic mass is 16.2. The molecule has 0 atom stereocenters. The summed E-state index contributed by atoms with van der Waals surface area (Å²) in [6, 6.07) is 0. The second kappa shape index (κ2) is 7.99. The highest BCUT2D eigenvalue weighted by molar-refractivity contribution is 5.73. The van der Waals surface area contributed by atoms with E-state index in [1.807, 2.05) is 4.90 Å². The molecule has 0 unspecified atom stereocenters. The normalized spacial score (nSPS) is 23.2. The molecule has 0 aromatic heterocycles. The number of piperidine rings is 2. The molecule has 0 spiro atoms. The molecule has 2 aliphatic rings. The van der Waals surface area contributed by atoms with Crippen molar-refractivity contribution in [3.05, 3.63) is 0 Å². The van der Waals surface area contributed by atoms with Gasteiger partial charge in [-0.05, 0) is 63.7 Å². The standard InChI is InChI=1S/C16H31N3O/c1-3-17-12-15-4-8-18(9-5-15)13-16-6-10-19(11-7-16)14(2)20/h15-17H,3-13H2,1-2H3. The van der Waals surface area contributed by atoms with Crippen LogP contribution >= 0.6 is 0 Å². The van der Waals surface area contributed by atoms with Crippen molar-refractivity contribution in [3.8, 4) is 0 Å². The summed E-state index contributed by atoms with van der Waals surface area (Å²) < 4.78 is 0. The summed E-state index contributed by atoms with van der Waals surface area (Å²) in [5.74, 6) is 1.93. The van der Waals surface area contributed by atoms with Crippen molar-refractivity contribution < 1.29 is 4.79 Å². The van der Waals surface area contributed by atoms with E-state index in [9.17, 15) is 4.79 Å². The lowest BCUT2D eigenvalue weighted by molar-refractivity contribution is -0.130. The first-order chi connectivity index (χ1) is 9.69. The van der Waals surface area contributed by atoms with Gasteiger partial charge in [0.2, 0.25) is 5.91 Å². The third-order valence-electron chi connectivity index (χ3n) is 4.97. The third-order valence-corrected chi connectivity index (χ3v) is 4.97. The minimum absolute atomic E-state index is 0.243. The molecule has 4 nitrogen and oxygen atoms in total. The van der Waals surface area contributed by atoms with E-state index in [-0.39, 0.29) is 5.91 Å². The zero-order valence-corrected chi connectivity index (χ0v) is 13.2. The van der Waals surface area contributed by atoms with Gasteiger partial charge in [0.05, 0.1) is 0 Å². The lowest BCUT2D eigenvalue weighted by atomic mass is 9.92. The predicted molar refractivity (Wildman–Crippen MR) is 82.7 cm³/mol. The van der Waals surface area contributed by atoms with Crippen LogP contribution in [0.15, 0.2) is 0 Å². The van der Waals surface area contributed by atoms with Crippen LogP contribution in [0.2, 0.25) is 0 Å². The van der Waals surface area contributed by atoms with Gasteiger partial charge < -0.3 is 15.1 Å². The first-order valence-electron chi connectivity index (χ1n) is 8.37. The van der Waals surface area contributed by atoms with Gasteiger partial charge in [0.15, 0.2) is 0 Å². The molecule has 116 valence electrons. The van der Waals surface area contributed by atoms with E-state index in [0.29, 0.717) is 0 Å². The molecule has 2 rings (SSSR count).